The predicted octanol–water partition coefficient (Wildman–Crippen LogP) is 2.65. The molecule has 0 unspecified atom stereocenters. The first kappa shape index (κ1) is 18.1. The molecule has 0 amide bonds. The molecule has 0 saturated carbocycles. The first-order valence-electron chi connectivity index (χ1n) is 7.06. The van der Waals surface area contributed by atoms with Crippen molar-refractivity contribution in [1.82, 2.24) is 4.57 Å². The van der Waals surface area contributed by atoms with Crippen molar-refractivity contribution < 1.29 is 10.2 Å². The highest BCUT2D eigenvalue weighted by Gasteiger charge is 2.19. The average molecular weight is 368 g/mol. The summed E-state index contributed by atoms with van der Waals surface area (Å²) >= 11 is 12.1. The number of nitrogens with zero attached hydrogens (tertiary/aromatic N) is 2. The van der Waals surface area contributed by atoms with E-state index in [0.29, 0.717) is 26.9 Å². The quantitative estimate of drug-likeness (QED) is 0.754. The molecule has 0 fully saturated rings. The van der Waals surface area contributed by atoms with E-state index in [-0.39, 0.29) is 31.1 Å². The summed E-state index contributed by atoms with van der Waals surface area (Å²) in [5.41, 5.74) is 0.596. The molecule has 0 spiro atoms. The van der Waals surface area contributed by atoms with Crippen LogP contribution in [0.3, 0.4) is 0 Å². The van der Waals surface area contributed by atoms with Crippen molar-refractivity contribution in [1.29, 1.82) is 5.26 Å². The standard InChI is InChI=1S/C16H15Cl2N3O3/c1-9-10(7-19)15(23)21(5-6-22)16(24)11(9)8-20-13-4-2-3-12(17)14(13)18/h2-4,20,22,24H,5-6,8H2,1H3. The van der Waals surface area contributed by atoms with Gasteiger partial charge in [-0.1, -0.05) is 29.3 Å². The largest absolute Gasteiger partial charge is 0.494 e. The molecule has 1 aromatic carbocycles. The molecule has 0 bridgehead atoms. The van der Waals surface area contributed by atoms with Crippen molar-refractivity contribution in [3.63, 3.8) is 0 Å². The third-order valence-corrected chi connectivity index (χ3v) is 4.47. The summed E-state index contributed by atoms with van der Waals surface area (Å²) < 4.78 is 0.974. The second-order valence-electron chi connectivity index (χ2n) is 5.05. The number of nitriles is 1. The fourth-order valence-electron chi connectivity index (χ4n) is 2.35. The zero-order valence-corrected chi connectivity index (χ0v) is 14.3. The van der Waals surface area contributed by atoms with Gasteiger partial charge in [-0.3, -0.25) is 9.36 Å². The van der Waals surface area contributed by atoms with E-state index in [9.17, 15) is 15.2 Å². The molecule has 2 aromatic rings. The second kappa shape index (κ2) is 7.58. The number of hydrogen-bond donors (Lipinski definition) is 3. The number of hydrogen-bond acceptors (Lipinski definition) is 5. The molecule has 24 heavy (non-hydrogen) atoms. The number of benzene rings is 1. The van der Waals surface area contributed by atoms with Crippen LogP contribution >= 0.6 is 23.2 Å². The summed E-state index contributed by atoms with van der Waals surface area (Å²) in [5.74, 6) is -0.295. The van der Waals surface area contributed by atoms with Gasteiger partial charge in [-0.05, 0) is 24.6 Å². The maximum Gasteiger partial charge on any atom is 0.271 e. The maximum absolute atomic E-state index is 12.2. The molecule has 0 aliphatic heterocycles. The highest BCUT2D eigenvalue weighted by atomic mass is 35.5. The van der Waals surface area contributed by atoms with Crippen LogP contribution in [0.1, 0.15) is 16.7 Å². The second-order valence-corrected chi connectivity index (χ2v) is 5.83. The number of nitrogens with one attached hydrogen (secondary N) is 1. The van der Waals surface area contributed by atoms with E-state index in [2.05, 4.69) is 5.32 Å². The Morgan fingerprint density at radius 1 is 1.38 bits per heavy atom. The Morgan fingerprint density at radius 3 is 2.71 bits per heavy atom. The van der Waals surface area contributed by atoms with Gasteiger partial charge in [0.05, 0.1) is 28.9 Å². The first-order valence-corrected chi connectivity index (χ1v) is 7.82. The summed E-state index contributed by atoms with van der Waals surface area (Å²) in [6.45, 7) is 1.26. The van der Waals surface area contributed by atoms with Crippen molar-refractivity contribution in [3.8, 4) is 11.9 Å². The molecule has 3 N–H and O–H groups in total. The molecule has 0 aliphatic rings. The number of aliphatic hydroxyl groups excluding tert-OH is 1. The van der Waals surface area contributed by atoms with Gasteiger partial charge in [-0.25, -0.2) is 0 Å². The first-order chi connectivity index (χ1) is 11.4. The molecular weight excluding hydrogens is 353 g/mol. The molecule has 1 heterocycles. The molecule has 1 aromatic heterocycles. The zero-order chi connectivity index (χ0) is 17.9. The van der Waals surface area contributed by atoms with Gasteiger partial charge >= 0.3 is 0 Å². The normalized spacial score (nSPS) is 10.5. The van der Waals surface area contributed by atoms with Crippen LogP contribution in [0.15, 0.2) is 23.0 Å². The van der Waals surface area contributed by atoms with Crippen LogP contribution in [0.4, 0.5) is 5.69 Å². The summed E-state index contributed by atoms with van der Waals surface area (Å²) in [7, 11) is 0. The van der Waals surface area contributed by atoms with Gasteiger partial charge in [0.2, 0.25) is 0 Å². The maximum atomic E-state index is 12.2. The number of aromatic hydroxyl groups is 1. The van der Waals surface area contributed by atoms with Crippen molar-refractivity contribution in [2.45, 2.75) is 20.0 Å². The summed E-state index contributed by atoms with van der Waals surface area (Å²) in [6.07, 6.45) is 0. The van der Waals surface area contributed by atoms with Gasteiger partial charge < -0.3 is 15.5 Å². The lowest BCUT2D eigenvalue weighted by Crippen LogP contribution is -2.27. The van der Waals surface area contributed by atoms with Crippen molar-refractivity contribution in [3.05, 3.63) is 55.3 Å². The minimum absolute atomic E-state index is 0.0739. The van der Waals surface area contributed by atoms with Crippen LogP contribution < -0.4 is 10.9 Å². The van der Waals surface area contributed by atoms with Gasteiger partial charge in [0.25, 0.3) is 5.56 Å². The summed E-state index contributed by atoms with van der Waals surface area (Å²) in [6, 6.07) is 6.93. The van der Waals surface area contributed by atoms with E-state index in [4.69, 9.17) is 28.3 Å². The van der Waals surface area contributed by atoms with Crippen LogP contribution in [-0.4, -0.2) is 21.4 Å². The average Bonchev–Trinajstić information content (AvgIpc) is 2.55. The molecule has 0 radical (unpaired) electrons. The third-order valence-electron chi connectivity index (χ3n) is 3.65. The molecule has 0 aliphatic carbocycles. The lowest BCUT2D eigenvalue weighted by Gasteiger charge is -2.17. The Bertz CT molecular complexity index is 872. The smallest absolute Gasteiger partial charge is 0.271 e. The van der Waals surface area contributed by atoms with Gasteiger partial charge in [-0.15, -0.1) is 0 Å². The van der Waals surface area contributed by atoms with Gasteiger partial charge in [0, 0.05) is 12.1 Å². The van der Waals surface area contributed by atoms with E-state index in [0.717, 1.165) is 4.57 Å². The number of anilines is 1. The highest BCUT2D eigenvalue weighted by Crippen LogP contribution is 2.31. The molecule has 126 valence electrons. The fraction of sp³-hybridized carbons (Fsp3) is 0.250. The topological polar surface area (TPSA) is 98.3 Å². The minimum atomic E-state index is -0.633. The number of aliphatic hydroxyl groups is 1. The number of rotatable bonds is 5. The molecular formula is C16H15Cl2N3O3. The Labute approximate surface area is 148 Å². The van der Waals surface area contributed by atoms with Gasteiger partial charge in [0.1, 0.15) is 11.6 Å². The van der Waals surface area contributed by atoms with E-state index in [1.165, 1.54) is 0 Å². The van der Waals surface area contributed by atoms with Gasteiger partial charge in [0.15, 0.2) is 5.88 Å². The highest BCUT2D eigenvalue weighted by molar-refractivity contribution is 6.43. The minimum Gasteiger partial charge on any atom is -0.494 e. The Kier molecular flexibility index (Phi) is 5.73. The number of aromatic nitrogens is 1. The van der Waals surface area contributed by atoms with Crippen LogP contribution in [0, 0.1) is 18.3 Å². The van der Waals surface area contributed by atoms with Crippen LogP contribution in [0.2, 0.25) is 10.0 Å². The fourth-order valence-corrected chi connectivity index (χ4v) is 2.72. The van der Waals surface area contributed by atoms with E-state index < -0.39 is 5.56 Å². The SMILES string of the molecule is Cc1c(CNc2cccc(Cl)c2Cl)c(O)n(CCO)c(=O)c1C#N. The Morgan fingerprint density at radius 2 is 2.08 bits per heavy atom. The molecule has 8 heteroatoms. The van der Waals surface area contributed by atoms with Crippen LogP contribution in [0.25, 0.3) is 0 Å². The number of halogens is 2. The lowest BCUT2D eigenvalue weighted by molar-refractivity contribution is 0.263. The Hall–Kier alpha value is -2.20. The Balaban J connectivity index is 2.47. The number of pyridine rings is 1. The van der Waals surface area contributed by atoms with E-state index in [1.807, 2.05) is 6.07 Å². The van der Waals surface area contributed by atoms with Crippen molar-refractivity contribution >= 4 is 28.9 Å². The van der Waals surface area contributed by atoms with Crippen molar-refractivity contribution in [2.24, 2.45) is 0 Å². The molecule has 0 atom stereocenters. The monoisotopic (exact) mass is 367 g/mol. The molecule has 0 saturated heterocycles. The molecule has 6 nitrogen and oxygen atoms in total. The zero-order valence-electron chi connectivity index (χ0n) is 12.8. The summed E-state index contributed by atoms with van der Waals surface area (Å²) in [4.78, 5) is 12.2. The lowest BCUT2D eigenvalue weighted by atomic mass is 10.1. The van der Waals surface area contributed by atoms with Crippen LogP contribution in [0.5, 0.6) is 5.88 Å². The predicted molar refractivity (Wildman–Crippen MR) is 92.7 cm³/mol. The van der Waals surface area contributed by atoms with Crippen molar-refractivity contribution in [2.75, 3.05) is 11.9 Å². The third kappa shape index (κ3) is 3.34. The van der Waals surface area contributed by atoms with Crippen LogP contribution in [-0.2, 0) is 13.1 Å². The van der Waals surface area contributed by atoms with Gasteiger partial charge in [-0.2, -0.15) is 5.26 Å². The molecule has 2 rings (SSSR count). The van der Waals surface area contributed by atoms with E-state index >= 15 is 0 Å². The van der Waals surface area contributed by atoms with E-state index in [1.54, 1.807) is 25.1 Å². The summed E-state index contributed by atoms with van der Waals surface area (Å²) in [5, 5.41) is 32.4.